The fourth-order valence-corrected chi connectivity index (χ4v) is 3.40. The summed E-state index contributed by atoms with van der Waals surface area (Å²) in [6.45, 7) is 4.15. The van der Waals surface area contributed by atoms with Gasteiger partial charge in [-0.05, 0) is 36.8 Å². The maximum absolute atomic E-state index is 11.9. The standard InChI is InChI=1S/C18H22N2OS/c1-3-4-5-9-16(21)13-14-7-6-8-15(12-14)18(2)10-11-22-17(19)20-18/h6-8,12H,3-4,10-11,13H2,1-2H3,(H2,19,20)/t18-/m0/s1. The second kappa shape index (κ2) is 7.51. The van der Waals surface area contributed by atoms with Crippen molar-refractivity contribution < 1.29 is 4.79 Å². The Balaban J connectivity index is 2.16. The molecule has 116 valence electrons. The summed E-state index contributed by atoms with van der Waals surface area (Å²) in [6.07, 6.45) is 3.06. The number of ketones is 1. The molecule has 4 heteroatoms. The Labute approximate surface area is 136 Å². The molecule has 1 aromatic rings. The van der Waals surface area contributed by atoms with Gasteiger partial charge in [-0.1, -0.05) is 48.9 Å². The lowest BCUT2D eigenvalue weighted by atomic mass is 9.88. The highest BCUT2D eigenvalue weighted by Crippen LogP contribution is 2.35. The van der Waals surface area contributed by atoms with Crippen molar-refractivity contribution in [2.24, 2.45) is 10.7 Å². The molecule has 2 rings (SSSR count). The van der Waals surface area contributed by atoms with Crippen LogP contribution in [0.2, 0.25) is 0 Å². The van der Waals surface area contributed by atoms with Gasteiger partial charge in [-0.15, -0.1) is 0 Å². The van der Waals surface area contributed by atoms with Crippen LogP contribution in [-0.2, 0) is 16.8 Å². The van der Waals surface area contributed by atoms with Gasteiger partial charge in [0, 0.05) is 18.6 Å². The number of rotatable bonds is 4. The molecule has 2 N–H and O–H groups in total. The van der Waals surface area contributed by atoms with E-state index in [1.54, 1.807) is 11.8 Å². The van der Waals surface area contributed by atoms with Crippen molar-refractivity contribution >= 4 is 22.7 Å². The minimum absolute atomic E-state index is 0.0297. The summed E-state index contributed by atoms with van der Waals surface area (Å²) in [5.41, 5.74) is 7.69. The third-order valence-electron chi connectivity index (χ3n) is 3.71. The molecule has 0 saturated carbocycles. The van der Waals surface area contributed by atoms with E-state index in [1.807, 2.05) is 12.1 Å². The number of nitrogens with zero attached hydrogens (tertiary/aromatic N) is 1. The Kier molecular flexibility index (Phi) is 5.68. The maximum atomic E-state index is 11.9. The van der Waals surface area contributed by atoms with Gasteiger partial charge in [0.05, 0.1) is 5.54 Å². The average Bonchev–Trinajstić information content (AvgIpc) is 2.47. The van der Waals surface area contributed by atoms with E-state index in [4.69, 9.17) is 5.73 Å². The maximum Gasteiger partial charge on any atom is 0.209 e. The van der Waals surface area contributed by atoms with Gasteiger partial charge in [0.15, 0.2) is 5.17 Å². The van der Waals surface area contributed by atoms with Crippen LogP contribution in [0.1, 0.15) is 44.2 Å². The highest BCUT2D eigenvalue weighted by Gasteiger charge is 2.29. The predicted octanol–water partition coefficient (Wildman–Crippen LogP) is 3.27. The first-order chi connectivity index (χ1) is 10.5. The number of amidine groups is 1. The van der Waals surface area contributed by atoms with E-state index in [1.165, 1.54) is 0 Å². The summed E-state index contributed by atoms with van der Waals surface area (Å²) in [5, 5.41) is 0.640. The van der Waals surface area contributed by atoms with E-state index in [2.05, 4.69) is 42.8 Å². The molecule has 0 aliphatic carbocycles. The molecular weight excluding hydrogens is 292 g/mol. The second-order valence-corrected chi connectivity index (χ2v) is 6.79. The minimum Gasteiger partial charge on any atom is -0.379 e. The first kappa shape index (κ1) is 16.6. The number of hydrogen-bond acceptors (Lipinski definition) is 4. The molecule has 1 aliphatic rings. The van der Waals surface area contributed by atoms with Crippen molar-refractivity contribution in [3.63, 3.8) is 0 Å². The van der Waals surface area contributed by atoms with Crippen LogP contribution < -0.4 is 5.73 Å². The molecular formula is C18H22N2OS. The molecule has 1 atom stereocenters. The Morgan fingerprint density at radius 2 is 2.32 bits per heavy atom. The first-order valence-corrected chi connectivity index (χ1v) is 8.61. The van der Waals surface area contributed by atoms with Crippen molar-refractivity contribution in [3.05, 3.63) is 35.4 Å². The molecule has 0 aromatic heterocycles. The van der Waals surface area contributed by atoms with Gasteiger partial charge in [-0.25, -0.2) is 0 Å². The molecule has 22 heavy (non-hydrogen) atoms. The third kappa shape index (κ3) is 4.38. The van der Waals surface area contributed by atoms with Crippen LogP contribution in [0.15, 0.2) is 29.3 Å². The van der Waals surface area contributed by atoms with Gasteiger partial charge in [0.25, 0.3) is 0 Å². The molecule has 0 unspecified atom stereocenters. The van der Waals surface area contributed by atoms with Gasteiger partial charge >= 0.3 is 0 Å². The molecule has 0 saturated heterocycles. The lowest BCUT2D eigenvalue weighted by Crippen LogP contribution is -2.28. The quantitative estimate of drug-likeness (QED) is 0.685. The number of thioether (sulfide) groups is 1. The van der Waals surface area contributed by atoms with Gasteiger partial charge in [-0.2, -0.15) is 0 Å². The Morgan fingerprint density at radius 3 is 3.05 bits per heavy atom. The highest BCUT2D eigenvalue weighted by atomic mass is 32.2. The Morgan fingerprint density at radius 1 is 1.50 bits per heavy atom. The van der Waals surface area contributed by atoms with Gasteiger partial charge in [0.1, 0.15) is 0 Å². The van der Waals surface area contributed by atoms with Gasteiger partial charge in [0.2, 0.25) is 5.78 Å². The zero-order valence-electron chi connectivity index (χ0n) is 13.2. The molecule has 0 amide bonds. The SMILES string of the molecule is CCCC#CC(=O)Cc1cccc([C@]2(C)CCSC(N)=N2)c1. The summed E-state index contributed by atoms with van der Waals surface area (Å²) in [7, 11) is 0. The molecule has 1 aromatic carbocycles. The molecule has 0 bridgehead atoms. The lowest BCUT2D eigenvalue weighted by molar-refractivity contribution is -0.113. The number of carbonyl (C=O) groups is 1. The fourth-order valence-electron chi connectivity index (χ4n) is 2.43. The molecule has 0 fully saturated rings. The summed E-state index contributed by atoms with van der Waals surface area (Å²) in [5.74, 6) is 6.55. The van der Waals surface area contributed by atoms with E-state index in [0.29, 0.717) is 11.6 Å². The van der Waals surface area contributed by atoms with Crippen LogP contribution in [0, 0.1) is 11.8 Å². The van der Waals surface area contributed by atoms with E-state index in [0.717, 1.165) is 36.1 Å². The highest BCUT2D eigenvalue weighted by molar-refractivity contribution is 8.13. The summed E-state index contributed by atoms with van der Waals surface area (Å²) in [4.78, 5) is 16.5. The number of Topliss-reactive ketones (excluding diaryl/α,β-unsaturated/α-hetero) is 1. The Bertz CT molecular complexity index is 642. The second-order valence-electron chi connectivity index (χ2n) is 5.67. The minimum atomic E-state index is -0.289. The van der Waals surface area contributed by atoms with Gasteiger partial charge < -0.3 is 5.73 Å². The monoisotopic (exact) mass is 314 g/mol. The molecule has 0 radical (unpaired) electrons. The van der Waals surface area contributed by atoms with E-state index in [9.17, 15) is 4.79 Å². The van der Waals surface area contributed by atoms with E-state index in [-0.39, 0.29) is 11.3 Å². The summed E-state index contributed by atoms with van der Waals surface area (Å²) >= 11 is 1.60. The lowest BCUT2D eigenvalue weighted by Gasteiger charge is -2.30. The van der Waals surface area contributed by atoms with Crippen LogP contribution >= 0.6 is 11.8 Å². The number of carbonyl (C=O) groups excluding carboxylic acids is 1. The van der Waals surface area contributed by atoms with Crippen molar-refractivity contribution in [2.75, 3.05) is 5.75 Å². The molecule has 1 aliphatic heterocycles. The van der Waals surface area contributed by atoms with Crippen molar-refractivity contribution in [1.82, 2.24) is 0 Å². The van der Waals surface area contributed by atoms with Crippen molar-refractivity contribution in [1.29, 1.82) is 0 Å². The Hall–Kier alpha value is -1.73. The van der Waals surface area contributed by atoms with Crippen LogP contribution in [0.5, 0.6) is 0 Å². The third-order valence-corrected chi connectivity index (χ3v) is 4.51. The van der Waals surface area contributed by atoms with Crippen LogP contribution in [0.3, 0.4) is 0 Å². The number of unbranched alkanes of at least 4 members (excludes halogenated alkanes) is 1. The first-order valence-electron chi connectivity index (χ1n) is 7.63. The van der Waals surface area contributed by atoms with Crippen LogP contribution in [-0.4, -0.2) is 16.7 Å². The number of hydrogen-bond donors (Lipinski definition) is 1. The predicted molar refractivity (Wildman–Crippen MR) is 93.9 cm³/mol. The molecule has 3 nitrogen and oxygen atoms in total. The number of nitrogens with two attached hydrogens (primary N) is 1. The van der Waals surface area contributed by atoms with Crippen LogP contribution in [0.25, 0.3) is 0 Å². The summed E-state index contributed by atoms with van der Waals surface area (Å²) < 4.78 is 0. The zero-order chi connectivity index (χ0) is 16.0. The average molecular weight is 314 g/mol. The zero-order valence-corrected chi connectivity index (χ0v) is 14.0. The number of aliphatic imine (C=N–C) groups is 1. The molecule has 1 heterocycles. The molecule has 0 spiro atoms. The fraction of sp³-hybridized carbons (Fsp3) is 0.444. The largest absolute Gasteiger partial charge is 0.379 e. The van der Waals surface area contributed by atoms with E-state index >= 15 is 0 Å². The topological polar surface area (TPSA) is 55.5 Å². The van der Waals surface area contributed by atoms with E-state index < -0.39 is 0 Å². The number of benzene rings is 1. The summed E-state index contributed by atoms with van der Waals surface area (Å²) in [6, 6.07) is 8.07. The van der Waals surface area contributed by atoms with Crippen LogP contribution in [0.4, 0.5) is 0 Å². The van der Waals surface area contributed by atoms with Crippen molar-refractivity contribution in [3.8, 4) is 11.8 Å². The normalized spacial score (nSPS) is 20.7. The van der Waals surface area contributed by atoms with Crippen molar-refractivity contribution in [2.45, 2.75) is 45.1 Å². The van der Waals surface area contributed by atoms with Gasteiger partial charge in [-0.3, -0.25) is 9.79 Å². The smallest absolute Gasteiger partial charge is 0.209 e.